The summed E-state index contributed by atoms with van der Waals surface area (Å²) in [7, 11) is 0. The third-order valence-corrected chi connectivity index (χ3v) is 4.65. The van der Waals surface area contributed by atoms with Crippen LogP contribution in [0.15, 0.2) is 4.47 Å². The zero-order valence-corrected chi connectivity index (χ0v) is 13.3. The quantitative estimate of drug-likeness (QED) is 0.903. The molecule has 0 radical (unpaired) electrons. The maximum absolute atomic E-state index is 12.4. The van der Waals surface area contributed by atoms with Gasteiger partial charge in [-0.2, -0.15) is 5.10 Å². The molecule has 19 heavy (non-hydrogen) atoms. The molecule has 0 amide bonds. The molecule has 1 aromatic rings. The van der Waals surface area contributed by atoms with Crippen LogP contribution in [0, 0.1) is 0 Å². The molecule has 1 saturated heterocycles. The topological polar surface area (TPSA) is 46.9 Å². The van der Waals surface area contributed by atoms with E-state index in [9.17, 15) is 4.79 Å². The number of Topliss-reactive ketones (excluding diaryl/α,β-unsaturated/α-hetero) is 1. The molecule has 1 unspecified atom stereocenters. The van der Waals surface area contributed by atoms with Crippen molar-refractivity contribution in [3.05, 3.63) is 15.9 Å². The summed E-state index contributed by atoms with van der Waals surface area (Å²) >= 11 is 3.60. The predicted octanol–water partition coefficient (Wildman–Crippen LogP) is 2.48. The lowest BCUT2D eigenvalue weighted by Crippen LogP contribution is -2.41. The zero-order chi connectivity index (χ0) is 13.8. The standard InChI is InChI=1S/C14H22BrN3O/c1-3-10-14(15)12(18(4-2)17-10)9-13(19)11-7-5-6-8-16-11/h11,16H,3-9H2,1-2H3. The predicted molar refractivity (Wildman–Crippen MR) is 79.3 cm³/mol. The fourth-order valence-electron chi connectivity index (χ4n) is 2.60. The molecule has 2 rings (SSSR count). The Bertz CT molecular complexity index is 450. The number of carbonyl (C=O) groups is 1. The molecule has 0 aromatic carbocycles. The van der Waals surface area contributed by atoms with Crippen molar-refractivity contribution in [1.82, 2.24) is 15.1 Å². The Hall–Kier alpha value is -0.680. The molecule has 106 valence electrons. The van der Waals surface area contributed by atoms with Crippen molar-refractivity contribution >= 4 is 21.7 Å². The highest BCUT2D eigenvalue weighted by atomic mass is 79.9. The summed E-state index contributed by atoms with van der Waals surface area (Å²) in [6.07, 6.45) is 4.66. The Labute approximate surface area is 123 Å². The van der Waals surface area contributed by atoms with Gasteiger partial charge in [0.15, 0.2) is 5.78 Å². The highest BCUT2D eigenvalue weighted by Gasteiger charge is 2.24. The number of halogens is 1. The first-order chi connectivity index (χ1) is 9.17. The third-order valence-electron chi connectivity index (χ3n) is 3.73. The average Bonchev–Trinajstić information content (AvgIpc) is 2.76. The van der Waals surface area contributed by atoms with Crippen LogP contribution in [0.2, 0.25) is 0 Å². The van der Waals surface area contributed by atoms with Gasteiger partial charge in [-0.15, -0.1) is 0 Å². The first-order valence-corrected chi connectivity index (χ1v) is 7.96. The van der Waals surface area contributed by atoms with Crippen molar-refractivity contribution in [3.8, 4) is 0 Å². The van der Waals surface area contributed by atoms with Gasteiger partial charge in [-0.1, -0.05) is 13.3 Å². The first-order valence-electron chi connectivity index (χ1n) is 7.17. The van der Waals surface area contributed by atoms with E-state index in [1.165, 1.54) is 6.42 Å². The molecule has 1 atom stereocenters. The van der Waals surface area contributed by atoms with E-state index in [2.05, 4.69) is 40.2 Å². The van der Waals surface area contributed by atoms with Crippen molar-refractivity contribution in [3.63, 3.8) is 0 Å². The summed E-state index contributed by atoms with van der Waals surface area (Å²) in [4.78, 5) is 12.4. The number of aromatic nitrogens is 2. The normalized spacial score (nSPS) is 19.6. The summed E-state index contributed by atoms with van der Waals surface area (Å²) in [5.41, 5.74) is 2.07. The van der Waals surface area contributed by atoms with Crippen molar-refractivity contribution in [1.29, 1.82) is 0 Å². The van der Waals surface area contributed by atoms with E-state index < -0.39 is 0 Å². The van der Waals surface area contributed by atoms with Crippen molar-refractivity contribution in [2.75, 3.05) is 6.54 Å². The second-order valence-electron chi connectivity index (χ2n) is 5.02. The van der Waals surface area contributed by atoms with E-state index >= 15 is 0 Å². The molecule has 0 saturated carbocycles. The summed E-state index contributed by atoms with van der Waals surface area (Å²) in [5.74, 6) is 0.289. The molecule has 1 N–H and O–H groups in total. The molecule has 0 bridgehead atoms. The van der Waals surface area contributed by atoms with Gasteiger partial charge in [0.2, 0.25) is 0 Å². The summed E-state index contributed by atoms with van der Waals surface area (Å²) in [6, 6.07) is 0.0333. The van der Waals surface area contributed by atoms with Gasteiger partial charge in [-0.25, -0.2) is 0 Å². The second-order valence-corrected chi connectivity index (χ2v) is 5.82. The highest BCUT2D eigenvalue weighted by molar-refractivity contribution is 9.10. The maximum atomic E-state index is 12.4. The number of hydrogen-bond donors (Lipinski definition) is 1. The van der Waals surface area contributed by atoms with Crippen LogP contribution in [0.25, 0.3) is 0 Å². The molecule has 2 heterocycles. The summed E-state index contributed by atoms with van der Waals surface area (Å²) < 4.78 is 2.96. The number of nitrogens with zero attached hydrogens (tertiary/aromatic N) is 2. The van der Waals surface area contributed by atoms with Crippen LogP contribution < -0.4 is 5.32 Å². The molecule has 1 fully saturated rings. The first kappa shape index (κ1) is 14.7. The average molecular weight is 328 g/mol. The molecule has 4 nitrogen and oxygen atoms in total. The van der Waals surface area contributed by atoms with E-state index in [1.54, 1.807) is 0 Å². The Morgan fingerprint density at radius 1 is 1.47 bits per heavy atom. The number of piperidine rings is 1. The molecular weight excluding hydrogens is 306 g/mol. The second kappa shape index (κ2) is 6.66. The lowest BCUT2D eigenvalue weighted by atomic mass is 9.98. The van der Waals surface area contributed by atoms with E-state index in [0.717, 1.165) is 48.2 Å². The Balaban J connectivity index is 2.13. The van der Waals surface area contributed by atoms with Crippen LogP contribution in [-0.4, -0.2) is 28.2 Å². The fraction of sp³-hybridized carbons (Fsp3) is 0.714. The molecule has 5 heteroatoms. The molecule has 1 aliphatic rings. The highest BCUT2D eigenvalue weighted by Crippen LogP contribution is 2.23. The smallest absolute Gasteiger partial charge is 0.155 e. The number of ketones is 1. The molecule has 0 spiro atoms. The number of rotatable bonds is 5. The van der Waals surface area contributed by atoms with Gasteiger partial charge in [0, 0.05) is 6.54 Å². The number of aryl methyl sites for hydroxylation is 2. The lowest BCUT2D eigenvalue weighted by Gasteiger charge is -2.22. The van der Waals surface area contributed by atoms with Crippen LogP contribution in [0.5, 0.6) is 0 Å². The van der Waals surface area contributed by atoms with E-state index in [4.69, 9.17) is 0 Å². The fourth-order valence-corrected chi connectivity index (χ4v) is 3.31. The number of nitrogens with one attached hydrogen (secondary N) is 1. The SMILES string of the molecule is CCc1nn(CC)c(CC(=O)C2CCCCN2)c1Br. The summed E-state index contributed by atoms with van der Waals surface area (Å²) in [5, 5.41) is 7.86. The lowest BCUT2D eigenvalue weighted by molar-refractivity contribution is -0.121. The molecule has 0 aliphatic carbocycles. The molecule has 1 aromatic heterocycles. The van der Waals surface area contributed by atoms with Crippen molar-refractivity contribution in [2.24, 2.45) is 0 Å². The van der Waals surface area contributed by atoms with Crippen LogP contribution in [0.4, 0.5) is 0 Å². The van der Waals surface area contributed by atoms with E-state index in [-0.39, 0.29) is 11.8 Å². The van der Waals surface area contributed by atoms with Gasteiger partial charge in [0.05, 0.1) is 28.3 Å². The van der Waals surface area contributed by atoms with Crippen LogP contribution in [0.3, 0.4) is 0 Å². The molecular formula is C14H22BrN3O. The minimum atomic E-state index is 0.0333. The number of carbonyl (C=O) groups excluding carboxylic acids is 1. The van der Waals surface area contributed by atoms with Gasteiger partial charge in [0.25, 0.3) is 0 Å². The van der Waals surface area contributed by atoms with Crippen LogP contribution >= 0.6 is 15.9 Å². The van der Waals surface area contributed by atoms with Crippen LogP contribution in [0.1, 0.15) is 44.5 Å². The Morgan fingerprint density at radius 2 is 2.26 bits per heavy atom. The van der Waals surface area contributed by atoms with Crippen LogP contribution in [-0.2, 0) is 24.2 Å². The van der Waals surface area contributed by atoms with Gasteiger partial charge >= 0.3 is 0 Å². The summed E-state index contributed by atoms with van der Waals surface area (Å²) in [6.45, 7) is 5.91. The van der Waals surface area contributed by atoms with E-state index in [1.807, 2.05) is 4.68 Å². The van der Waals surface area contributed by atoms with Gasteiger partial charge < -0.3 is 5.32 Å². The van der Waals surface area contributed by atoms with Gasteiger partial charge in [-0.05, 0) is 48.7 Å². The Kier molecular flexibility index (Phi) is 5.16. The van der Waals surface area contributed by atoms with Crippen molar-refractivity contribution in [2.45, 2.75) is 58.5 Å². The third kappa shape index (κ3) is 3.26. The molecule has 1 aliphatic heterocycles. The van der Waals surface area contributed by atoms with Gasteiger partial charge in [0.1, 0.15) is 0 Å². The Morgan fingerprint density at radius 3 is 2.84 bits per heavy atom. The van der Waals surface area contributed by atoms with E-state index in [0.29, 0.717) is 6.42 Å². The van der Waals surface area contributed by atoms with Gasteiger partial charge in [-0.3, -0.25) is 9.48 Å². The minimum Gasteiger partial charge on any atom is -0.307 e. The minimum absolute atomic E-state index is 0.0333. The van der Waals surface area contributed by atoms with Crippen molar-refractivity contribution < 1.29 is 4.79 Å². The zero-order valence-electron chi connectivity index (χ0n) is 11.7. The number of hydrogen-bond acceptors (Lipinski definition) is 3. The monoisotopic (exact) mass is 327 g/mol. The largest absolute Gasteiger partial charge is 0.307 e. The maximum Gasteiger partial charge on any atom is 0.155 e.